The number of piperidine rings is 1. The summed E-state index contributed by atoms with van der Waals surface area (Å²) in [6, 6.07) is -0.783. The van der Waals surface area contributed by atoms with Crippen molar-refractivity contribution in [3.05, 3.63) is 0 Å². The van der Waals surface area contributed by atoms with Crippen molar-refractivity contribution in [1.82, 2.24) is 10.6 Å². The summed E-state index contributed by atoms with van der Waals surface area (Å²) in [5, 5.41) is 15.1. The number of hydrogen-bond donors (Lipinski definition) is 3. The fourth-order valence-electron chi connectivity index (χ4n) is 2.20. The quantitative estimate of drug-likeness (QED) is 0.685. The van der Waals surface area contributed by atoms with Gasteiger partial charge in [-0.15, -0.1) is 0 Å². The van der Waals surface area contributed by atoms with Crippen molar-refractivity contribution in [1.29, 1.82) is 0 Å². The average molecular weight is 256 g/mol. The Labute approximate surface area is 108 Å². The van der Waals surface area contributed by atoms with Gasteiger partial charge in [-0.2, -0.15) is 0 Å². The number of aliphatic carboxylic acids is 1. The minimum atomic E-state index is -0.949. The van der Waals surface area contributed by atoms with E-state index in [1.54, 1.807) is 0 Å². The maximum absolute atomic E-state index is 12.3. The third-order valence-corrected chi connectivity index (χ3v) is 4.02. The Bertz CT molecular complexity index is 311. The van der Waals surface area contributed by atoms with E-state index >= 15 is 0 Å². The predicted molar refractivity (Wildman–Crippen MR) is 69.2 cm³/mol. The second-order valence-corrected chi connectivity index (χ2v) is 5.49. The highest BCUT2D eigenvalue weighted by Crippen LogP contribution is 2.28. The Balaban J connectivity index is 2.68. The zero-order valence-corrected chi connectivity index (χ0v) is 11.5. The molecule has 0 aromatic heterocycles. The Morgan fingerprint density at radius 1 is 1.39 bits per heavy atom. The van der Waals surface area contributed by atoms with E-state index in [-0.39, 0.29) is 11.8 Å². The number of amides is 1. The van der Waals surface area contributed by atoms with Gasteiger partial charge < -0.3 is 15.7 Å². The molecule has 1 amide bonds. The number of carboxylic acids is 1. The molecule has 1 aliphatic heterocycles. The summed E-state index contributed by atoms with van der Waals surface area (Å²) in [5.41, 5.74) is -0.438. The molecule has 0 radical (unpaired) electrons. The topological polar surface area (TPSA) is 78.4 Å². The first-order chi connectivity index (χ1) is 8.40. The lowest BCUT2D eigenvalue weighted by atomic mass is 9.79. The molecule has 0 aromatic carbocycles. The molecular weight excluding hydrogens is 232 g/mol. The highest BCUT2D eigenvalue weighted by atomic mass is 16.4. The van der Waals surface area contributed by atoms with Gasteiger partial charge in [0.15, 0.2) is 0 Å². The first-order valence-electron chi connectivity index (χ1n) is 6.65. The van der Waals surface area contributed by atoms with E-state index in [0.29, 0.717) is 0 Å². The molecular formula is C13H24N2O3. The Hall–Kier alpha value is -1.10. The van der Waals surface area contributed by atoms with Crippen molar-refractivity contribution in [3.8, 4) is 0 Å². The normalized spacial score (nSPS) is 21.9. The molecule has 1 rings (SSSR count). The van der Waals surface area contributed by atoms with E-state index in [0.717, 1.165) is 32.4 Å². The fraction of sp³-hybridized carbons (Fsp3) is 0.846. The van der Waals surface area contributed by atoms with Crippen LogP contribution in [0.15, 0.2) is 0 Å². The molecule has 1 fully saturated rings. The van der Waals surface area contributed by atoms with Gasteiger partial charge in [-0.25, -0.2) is 4.79 Å². The van der Waals surface area contributed by atoms with Crippen molar-refractivity contribution >= 4 is 11.9 Å². The van der Waals surface area contributed by atoms with Crippen LogP contribution in [0.4, 0.5) is 0 Å². The fourth-order valence-corrected chi connectivity index (χ4v) is 2.20. The molecule has 0 bridgehead atoms. The average Bonchev–Trinajstić information content (AvgIpc) is 2.35. The zero-order valence-electron chi connectivity index (χ0n) is 11.5. The third-order valence-electron chi connectivity index (χ3n) is 4.02. The Kier molecular flexibility index (Phi) is 5.14. The molecule has 0 aliphatic carbocycles. The van der Waals surface area contributed by atoms with Crippen LogP contribution in [0, 0.1) is 11.3 Å². The number of carbonyl (C=O) groups is 2. The molecule has 104 valence electrons. The van der Waals surface area contributed by atoms with Gasteiger partial charge in [0.2, 0.25) is 5.91 Å². The molecule has 0 spiro atoms. The zero-order chi connectivity index (χ0) is 13.8. The first kappa shape index (κ1) is 15.0. The van der Waals surface area contributed by atoms with Crippen LogP contribution >= 0.6 is 0 Å². The highest BCUT2D eigenvalue weighted by Gasteiger charge is 2.37. The van der Waals surface area contributed by atoms with E-state index in [4.69, 9.17) is 0 Å². The summed E-state index contributed by atoms with van der Waals surface area (Å²) < 4.78 is 0. The van der Waals surface area contributed by atoms with E-state index in [9.17, 15) is 14.7 Å². The molecule has 2 atom stereocenters. The van der Waals surface area contributed by atoms with Gasteiger partial charge >= 0.3 is 5.97 Å². The van der Waals surface area contributed by atoms with Crippen molar-refractivity contribution in [2.24, 2.45) is 11.3 Å². The molecule has 1 heterocycles. The lowest BCUT2D eigenvalue weighted by Crippen LogP contribution is -2.52. The van der Waals surface area contributed by atoms with Crippen molar-refractivity contribution in [3.63, 3.8) is 0 Å². The van der Waals surface area contributed by atoms with Crippen LogP contribution in [-0.2, 0) is 9.59 Å². The van der Waals surface area contributed by atoms with Crippen LogP contribution in [0.5, 0.6) is 0 Å². The molecule has 3 N–H and O–H groups in total. The van der Waals surface area contributed by atoms with Crippen LogP contribution in [0.1, 0.15) is 40.0 Å². The minimum Gasteiger partial charge on any atom is -0.480 e. The summed E-state index contributed by atoms with van der Waals surface area (Å²) >= 11 is 0. The number of hydrogen-bond acceptors (Lipinski definition) is 3. The van der Waals surface area contributed by atoms with E-state index in [1.807, 2.05) is 20.8 Å². The van der Waals surface area contributed by atoms with Gasteiger partial charge in [-0.1, -0.05) is 27.2 Å². The van der Waals surface area contributed by atoms with Crippen LogP contribution in [-0.4, -0.2) is 36.1 Å². The number of rotatable bonds is 5. The maximum Gasteiger partial charge on any atom is 0.326 e. The Morgan fingerprint density at radius 3 is 2.39 bits per heavy atom. The Morgan fingerprint density at radius 2 is 1.94 bits per heavy atom. The third kappa shape index (κ3) is 3.45. The first-order valence-corrected chi connectivity index (χ1v) is 6.65. The van der Waals surface area contributed by atoms with E-state index < -0.39 is 17.4 Å². The number of carboxylic acid groups (broad SMARTS) is 1. The smallest absolute Gasteiger partial charge is 0.326 e. The summed E-state index contributed by atoms with van der Waals surface area (Å²) in [6.07, 6.45) is 2.24. The van der Waals surface area contributed by atoms with Crippen molar-refractivity contribution in [2.45, 2.75) is 46.1 Å². The number of nitrogens with one attached hydrogen (secondary N) is 2. The SMILES string of the molecule is CCC(C)C(NC(=O)C1(C)CCNCC1)C(=O)O. The van der Waals surface area contributed by atoms with Crippen LogP contribution in [0.2, 0.25) is 0 Å². The van der Waals surface area contributed by atoms with Crippen LogP contribution < -0.4 is 10.6 Å². The summed E-state index contributed by atoms with van der Waals surface area (Å²) in [4.78, 5) is 23.4. The van der Waals surface area contributed by atoms with Gasteiger partial charge in [0.25, 0.3) is 0 Å². The standard InChI is InChI=1S/C13H24N2O3/c1-4-9(2)10(11(16)17)15-12(18)13(3)5-7-14-8-6-13/h9-10,14H,4-8H2,1-3H3,(H,15,18)(H,16,17). The highest BCUT2D eigenvalue weighted by molar-refractivity contribution is 5.87. The van der Waals surface area contributed by atoms with Gasteiger partial charge in [0.1, 0.15) is 6.04 Å². The van der Waals surface area contributed by atoms with E-state index in [1.165, 1.54) is 0 Å². The van der Waals surface area contributed by atoms with Gasteiger partial charge in [-0.05, 0) is 31.8 Å². The number of carbonyl (C=O) groups excluding carboxylic acids is 1. The summed E-state index contributed by atoms with van der Waals surface area (Å²) in [7, 11) is 0. The van der Waals surface area contributed by atoms with Crippen molar-refractivity contribution in [2.75, 3.05) is 13.1 Å². The molecule has 0 saturated carbocycles. The molecule has 1 aliphatic rings. The second kappa shape index (κ2) is 6.18. The summed E-state index contributed by atoms with van der Waals surface area (Å²) in [6.45, 7) is 7.32. The van der Waals surface area contributed by atoms with Gasteiger partial charge in [0, 0.05) is 5.41 Å². The molecule has 0 aromatic rings. The molecule has 5 nitrogen and oxygen atoms in total. The predicted octanol–water partition coefficient (Wildman–Crippen LogP) is 0.992. The summed E-state index contributed by atoms with van der Waals surface area (Å²) in [5.74, 6) is -1.14. The maximum atomic E-state index is 12.3. The minimum absolute atomic E-state index is 0.0586. The molecule has 5 heteroatoms. The largest absolute Gasteiger partial charge is 0.480 e. The van der Waals surface area contributed by atoms with Crippen LogP contribution in [0.3, 0.4) is 0 Å². The van der Waals surface area contributed by atoms with Crippen molar-refractivity contribution < 1.29 is 14.7 Å². The second-order valence-electron chi connectivity index (χ2n) is 5.49. The molecule has 2 unspecified atom stereocenters. The molecule has 1 saturated heterocycles. The lowest BCUT2D eigenvalue weighted by Gasteiger charge is -2.34. The van der Waals surface area contributed by atoms with E-state index in [2.05, 4.69) is 10.6 Å². The van der Waals surface area contributed by atoms with Gasteiger partial charge in [0.05, 0.1) is 0 Å². The molecule has 18 heavy (non-hydrogen) atoms. The van der Waals surface area contributed by atoms with Crippen LogP contribution in [0.25, 0.3) is 0 Å². The lowest BCUT2D eigenvalue weighted by molar-refractivity contribution is -0.145. The van der Waals surface area contributed by atoms with Gasteiger partial charge in [-0.3, -0.25) is 4.79 Å². The monoisotopic (exact) mass is 256 g/mol.